The molecular weight excluding hydrogens is 402 g/mol. The van der Waals surface area contributed by atoms with Crippen LogP contribution in [-0.4, -0.2) is 82.9 Å². The van der Waals surface area contributed by atoms with Crippen molar-refractivity contribution in [3.8, 4) is 5.75 Å². The predicted octanol–water partition coefficient (Wildman–Crippen LogP) is 1.90. The molecule has 2 saturated heterocycles. The molecule has 1 aromatic carbocycles. The molecule has 0 bridgehead atoms. The van der Waals surface area contributed by atoms with Crippen molar-refractivity contribution in [1.82, 2.24) is 14.1 Å². The fraction of sp³-hybridized carbons (Fsp3) is 0.682. The van der Waals surface area contributed by atoms with E-state index in [1.54, 1.807) is 33.5 Å². The zero-order valence-corrected chi connectivity index (χ0v) is 19.2. The van der Waals surface area contributed by atoms with Crippen molar-refractivity contribution in [2.24, 2.45) is 16.7 Å². The summed E-state index contributed by atoms with van der Waals surface area (Å²) in [4.78, 5) is 17.5. The average molecular weight is 436 g/mol. The minimum absolute atomic E-state index is 0.0524. The first-order valence-corrected chi connectivity index (χ1v) is 12.1. The molecule has 1 aromatic rings. The molecule has 3 fully saturated rings. The van der Waals surface area contributed by atoms with Gasteiger partial charge >= 0.3 is 0 Å². The smallest absolute Gasteiger partial charge is 0.243 e. The number of methoxy groups -OCH3 is 1. The average Bonchev–Trinajstić information content (AvgIpc) is 3.22. The number of benzene rings is 1. The Morgan fingerprint density at radius 1 is 1.17 bits per heavy atom. The molecule has 2 heterocycles. The number of ether oxygens (including phenoxy) is 1. The lowest BCUT2D eigenvalue weighted by Gasteiger charge is -2.44. The molecular formula is C22H33N3O4S. The van der Waals surface area contributed by atoms with E-state index in [1.807, 2.05) is 14.1 Å². The van der Waals surface area contributed by atoms with Gasteiger partial charge < -0.3 is 14.5 Å². The molecule has 8 heteroatoms. The Morgan fingerprint density at radius 3 is 2.50 bits per heavy atom. The largest absolute Gasteiger partial charge is 0.497 e. The van der Waals surface area contributed by atoms with Crippen LogP contribution in [0.1, 0.15) is 25.7 Å². The maximum atomic E-state index is 13.2. The van der Waals surface area contributed by atoms with Crippen LogP contribution in [0.4, 0.5) is 0 Å². The molecule has 1 amide bonds. The van der Waals surface area contributed by atoms with Crippen molar-refractivity contribution in [3.63, 3.8) is 0 Å². The van der Waals surface area contributed by atoms with Crippen LogP contribution in [-0.2, 0) is 14.8 Å². The lowest BCUT2D eigenvalue weighted by molar-refractivity contribution is -0.141. The number of carbonyl (C=O) groups excluding carboxylic acids is 1. The van der Waals surface area contributed by atoms with Crippen molar-refractivity contribution in [1.29, 1.82) is 0 Å². The van der Waals surface area contributed by atoms with Crippen LogP contribution in [0.3, 0.4) is 0 Å². The third-order valence-corrected chi connectivity index (χ3v) is 9.65. The molecule has 2 aliphatic heterocycles. The van der Waals surface area contributed by atoms with E-state index in [-0.39, 0.29) is 21.6 Å². The lowest BCUT2D eigenvalue weighted by atomic mass is 9.66. The number of fused-ring (bicyclic) bond motifs is 2. The predicted molar refractivity (Wildman–Crippen MR) is 115 cm³/mol. The van der Waals surface area contributed by atoms with E-state index in [9.17, 15) is 13.2 Å². The molecule has 4 rings (SSSR count). The van der Waals surface area contributed by atoms with Gasteiger partial charge in [0.1, 0.15) is 5.75 Å². The topological polar surface area (TPSA) is 70.2 Å². The van der Waals surface area contributed by atoms with Crippen molar-refractivity contribution in [3.05, 3.63) is 24.3 Å². The van der Waals surface area contributed by atoms with Crippen LogP contribution in [0, 0.1) is 16.7 Å². The van der Waals surface area contributed by atoms with Gasteiger partial charge in [0.05, 0.1) is 17.4 Å². The van der Waals surface area contributed by atoms with Gasteiger partial charge in [-0.25, -0.2) is 8.42 Å². The second-order valence-corrected chi connectivity index (χ2v) is 11.5. The molecule has 7 nitrogen and oxygen atoms in total. The van der Waals surface area contributed by atoms with E-state index in [0.717, 1.165) is 38.8 Å². The van der Waals surface area contributed by atoms with Gasteiger partial charge in [-0.05, 0) is 56.2 Å². The van der Waals surface area contributed by atoms with Gasteiger partial charge in [-0.3, -0.25) is 4.79 Å². The summed E-state index contributed by atoms with van der Waals surface area (Å²) in [5.41, 5.74) is -0.261. The molecule has 30 heavy (non-hydrogen) atoms. The van der Waals surface area contributed by atoms with Gasteiger partial charge in [-0.1, -0.05) is 6.07 Å². The number of nitrogens with zero attached hydrogens (tertiary/aromatic N) is 3. The molecule has 1 spiro atoms. The monoisotopic (exact) mass is 435 g/mol. The molecule has 3 aliphatic rings. The maximum Gasteiger partial charge on any atom is 0.243 e. The molecule has 0 N–H and O–H groups in total. The highest BCUT2D eigenvalue weighted by Crippen LogP contribution is 2.62. The van der Waals surface area contributed by atoms with E-state index in [4.69, 9.17) is 4.74 Å². The van der Waals surface area contributed by atoms with Gasteiger partial charge in [-0.15, -0.1) is 0 Å². The Bertz CT molecular complexity index is 924. The number of hydrogen-bond donors (Lipinski definition) is 0. The lowest BCUT2D eigenvalue weighted by Crippen LogP contribution is -2.49. The number of rotatable bonds is 4. The first kappa shape index (κ1) is 21.6. The van der Waals surface area contributed by atoms with Crippen molar-refractivity contribution in [2.75, 3.05) is 54.4 Å². The Labute approximate surface area is 180 Å². The number of amides is 1. The molecule has 0 aromatic heterocycles. The summed E-state index contributed by atoms with van der Waals surface area (Å²) in [6.07, 6.45) is 3.55. The second kappa shape index (κ2) is 7.50. The van der Waals surface area contributed by atoms with Crippen LogP contribution in [0.5, 0.6) is 5.75 Å². The van der Waals surface area contributed by atoms with Crippen LogP contribution in [0.25, 0.3) is 0 Å². The SMILES string of the molecule is COc1cccc(S(=O)(=O)N2CCC3(CC2)CC[C@]2(C(=O)N(C)C)CN(C)C[C@H]32)c1. The minimum atomic E-state index is -3.55. The summed E-state index contributed by atoms with van der Waals surface area (Å²) >= 11 is 0. The molecule has 1 saturated carbocycles. The summed E-state index contributed by atoms with van der Waals surface area (Å²) in [6, 6.07) is 6.68. The molecule has 0 unspecified atom stereocenters. The van der Waals surface area contributed by atoms with E-state index in [0.29, 0.717) is 24.8 Å². The van der Waals surface area contributed by atoms with Gasteiger partial charge in [0.25, 0.3) is 0 Å². The van der Waals surface area contributed by atoms with Crippen LogP contribution < -0.4 is 4.74 Å². The van der Waals surface area contributed by atoms with E-state index in [1.165, 1.54) is 7.11 Å². The highest BCUT2D eigenvalue weighted by molar-refractivity contribution is 7.89. The summed E-state index contributed by atoms with van der Waals surface area (Å²) in [6.45, 7) is 2.74. The van der Waals surface area contributed by atoms with Crippen LogP contribution >= 0.6 is 0 Å². The van der Waals surface area contributed by atoms with E-state index < -0.39 is 10.0 Å². The molecule has 2 atom stereocenters. The minimum Gasteiger partial charge on any atom is -0.497 e. The zero-order valence-electron chi connectivity index (χ0n) is 18.4. The Hall–Kier alpha value is -1.64. The number of hydrogen-bond acceptors (Lipinski definition) is 5. The standard InChI is InChI=1S/C22H33N3O4S/c1-23(2)20(26)22-9-8-21(19(22)15-24(3)16-22)10-12-25(13-11-21)30(27,28)18-7-5-6-17(14-18)29-4/h5-7,14,19H,8-13,15-16H2,1-4H3/t19-,22+/m1/s1. The summed E-state index contributed by atoms with van der Waals surface area (Å²) in [7, 11) is 3.78. The quantitative estimate of drug-likeness (QED) is 0.723. The first-order chi connectivity index (χ1) is 14.1. The van der Waals surface area contributed by atoms with Crippen molar-refractivity contribution >= 4 is 15.9 Å². The Kier molecular flexibility index (Phi) is 5.39. The Balaban J connectivity index is 1.55. The van der Waals surface area contributed by atoms with Gasteiger partial charge in [0.2, 0.25) is 15.9 Å². The highest BCUT2D eigenvalue weighted by Gasteiger charge is 2.64. The van der Waals surface area contributed by atoms with Crippen molar-refractivity contribution < 1.29 is 17.9 Å². The summed E-state index contributed by atoms with van der Waals surface area (Å²) in [5.74, 6) is 1.08. The third kappa shape index (κ3) is 3.24. The van der Waals surface area contributed by atoms with E-state index in [2.05, 4.69) is 11.9 Å². The highest BCUT2D eigenvalue weighted by atomic mass is 32.2. The number of sulfonamides is 1. The van der Waals surface area contributed by atoms with E-state index >= 15 is 0 Å². The molecule has 0 radical (unpaired) electrons. The summed E-state index contributed by atoms with van der Waals surface area (Å²) < 4.78 is 33.2. The molecule has 1 aliphatic carbocycles. The first-order valence-electron chi connectivity index (χ1n) is 10.7. The normalized spacial score (nSPS) is 29.1. The second-order valence-electron chi connectivity index (χ2n) is 9.55. The fourth-order valence-corrected chi connectivity index (χ4v) is 7.75. The Morgan fingerprint density at radius 2 is 1.87 bits per heavy atom. The van der Waals surface area contributed by atoms with Gasteiger partial charge in [-0.2, -0.15) is 4.31 Å². The molecule has 166 valence electrons. The number of carbonyl (C=O) groups is 1. The fourth-order valence-electron chi connectivity index (χ4n) is 6.27. The van der Waals surface area contributed by atoms with Crippen LogP contribution in [0.2, 0.25) is 0 Å². The third-order valence-electron chi connectivity index (χ3n) is 7.75. The van der Waals surface area contributed by atoms with Gasteiger partial charge in [0.15, 0.2) is 0 Å². The van der Waals surface area contributed by atoms with Crippen LogP contribution in [0.15, 0.2) is 29.2 Å². The number of piperidine rings is 1. The van der Waals surface area contributed by atoms with Gasteiger partial charge in [0, 0.05) is 46.3 Å². The summed E-state index contributed by atoms with van der Waals surface area (Å²) in [5, 5.41) is 0. The maximum absolute atomic E-state index is 13.2. The van der Waals surface area contributed by atoms with Crippen molar-refractivity contribution in [2.45, 2.75) is 30.6 Å². The number of likely N-dealkylation sites (tertiary alicyclic amines) is 1. The zero-order chi connectivity index (χ0) is 21.7.